The molecule has 0 aliphatic carbocycles. The first kappa shape index (κ1) is 9.51. The quantitative estimate of drug-likeness (QED) is 0.174. The van der Waals surface area contributed by atoms with Crippen molar-refractivity contribution < 1.29 is 18.9 Å². The first-order chi connectivity index (χ1) is 2.91. The van der Waals surface area contributed by atoms with Crippen LogP contribution in [-0.2, 0) is 0 Å². The fourth-order valence-corrected chi connectivity index (χ4v) is 0.0592. The fraction of sp³-hybridized carbons (Fsp3) is 0. The molecule has 0 rings (SSSR count). The molecule has 2 heteroatoms. The normalized spacial score (nSPS) is 2.57. The van der Waals surface area contributed by atoms with Crippen molar-refractivity contribution >= 4 is 0 Å². The zero-order valence-electron chi connectivity index (χ0n) is 3.95. The van der Waals surface area contributed by atoms with Crippen LogP contribution in [0.25, 0.3) is 0 Å². The van der Waals surface area contributed by atoms with Crippen LogP contribution >= 0.6 is 0 Å². The monoisotopic (exact) mass is 81.0 g/mol. The van der Waals surface area contributed by atoms with Crippen molar-refractivity contribution in [3.63, 3.8) is 0 Å². The molecule has 0 atom stereocenters. The molecule has 0 saturated heterocycles. The first-order valence-corrected chi connectivity index (χ1v) is 1.22. The van der Waals surface area contributed by atoms with E-state index >= 15 is 0 Å². The van der Waals surface area contributed by atoms with Crippen molar-refractivity contribution in [2.75, 3.05) is 0 Å². The predicted molar refractivity (Wildman–Crippen MR) is 20.5 cm³/mol. The average molecular weight is 81.0 g/mol. The van der Waals surface area contributed by atoms with Gasteiger partial charge in [-0.3, -0.25) is 5.92 Å². The zero-order valence-corrected chi connectivity index (χ0v) is 3.95. The molecule has 0 radical (unpaired) electrons. The van der Waals surface area contributed by atoms with Gasteiger partial charge in [0, 0.05) is 0 Å². The van der Waals surface area contributed by atoms with Crippen molar-refractivity contribution in [1.82, 2.24) is 0 Å². The Balaban J connectivity index is 0. The predicted octanol–water partition coefficient (Wildman–Crippen LogP) is -2.89. The van der Waals surface area contributed by atoms with E-state index in [1.165, 1.54) is 6.07 Å². The topological polar surface area (TPSA) is 23.8 Å². The summed E-state index contributed by atoms with van der Waals surface area (Å²) in [5, 5.41) is 7.65. The van der Waals surface area contributed by atoms with Crippen LogP contribution in [0.4, 0.5) is 0 Å². The van der Waals surface area contributed by atoms with E-state index in [0.717, 1.165) is 0 Å². The van der Waals surface area contributed by atoms with Gasteiger partial charge in [-0.1, -0.05) is 5.92 Å². The summed E-state index contributed by atoms with van der Waals surface area (Å²) in [6, 6.07) is 1.52. The van der Waals surface area contributed by atoms with Crippen LogP contribution in [0.3, 0.4) is 0 Å². The number of hydrogen-bond acceptors (Lipinski definition) is 1. The molecule has 0 amide bonds. The molecule has 0 bridgehead atoms. The molecule has 0 fully saturated rings. The van der Waals surface area contributed by atoms with E-state index < -0.39 is 0 Å². The van der Waals surface area contributed by atoms with Gasteiger partial charge in [0.15, 0.2) is 0 Å². The molecule has 0 N–H and O–H groups in total. The molecule has 0 aromatic carbocycles. The molecule has 0 aliphatic rings. The van der Waals surface area contributed by atoms with Crippen molar-refractivity contribution in [1.29, 1.82) is 5.26 Å². The Morgan fingerprint density at radius 1 is 1.29 bits per heavy atom. The second-order valence-corrected chi connectivity index (χ2v) is 0.487. The Morgan fingerprint density at radius 3 is 2.00 bits per heavy atom. The van der Waals surface area contributed by atoms with Crippen molar-refractivity contribution in [3.8, 4) is 23.8 Å². The summed E-state index contributed by atoms with van der Waals surface area (Å²) in [6.45, 7) is 0. The van der Waals surface area contributed by atoms with E-state index in [1.54, 1.807) is 5.92 Å². The van der Waals surface area contributed by atoms with E-state index in [1.807, 2.05) is 11.8 Å². The van der Waals surface area contributed by atoms with Crippen molar-refractivity contribution in [2.45, 2.75) is 0 Å². The molecule has 0 aromatic heterocycles. The van der Waals surface area contributed by atoms with Crippen molar-refractivity contribution in [3.05, 3.63) is 6.42 Å². The Labute approximate surface area is 54.9 Å². The largest absolute Gasteiger partial charge is 1.00 e. The smallest absolute Gasteiger partial charge is 0.358 e. The first-order valence-electron chi connectivity index (χ1n) is 1.22. The van der Waals surface area contributed by atoms with Gasteiger partial charge in [0.2, 0.25) is 0 Å². The molecule has 0 spiro atoms. The average Bonchev–Trinajstić information content (AvgIpc) is 1.61. The maximum Gasteiger partial charge on any atom is 1.00 e. The van der Waals surface area contributed by atoms with Crippen LogP contribution in [-0.4, -0.2) is 0 Å². The Bertz CT molecular complexity index is 141. The minimum atomic E-state index is 0. The third-order valence-corrected chi connectivity index (χ3v) is 0.181. The van der Waals surface area contributed by atoms with Gasteiger partial charge in [0.25, 0.3) is 0 Å². The molecule has 7 heavy (non-hydrogen) atoms. The van der Waals surface area contributed by atoms with Gasteiger partial charge in [0.1, 0.15) is 6.07 Å². The summed E-state index contributed by atoms with van der Waals surface area (Å²) in [5.41, 5.74) is 0. The van der Waals surface area contributed by atoms with Crippen LogP contribution in [0.2, 0.25) is 0 Å². The Hall–Kier alpha value is -0.793. The molecule has 0 saturated carbocycles. The van der Waals surface area contributed by atoms with Crippen LogP contribution < -0.4 is 18.9 Å². The Morgan fingerprint density at radius 2 is 1.86 bits per heavy atom. The summed E-state index contributed by atoms with van der Waals surface area (Å²) >= 11 is 0. The fourth-order valence-electron chi connectivity index (χ4n) is 0.0592. The summed E-state index contributed by atoms with van der Waals surface area (Å²) in [4.78, 5) is 0. The van der Waals surface area contributed by atoms with Gasteiger partial charge >= 0.3 is 18.9 Å². The molecule has 0 aromatic rings. The maximum atomic E-state index is 7.65. The third kappa shape index (κ3) is 11.0. The van der Waals surface area contributed by atoms with E-state index in [0.29, 0.717) is 0 Å². The maximum absolute atomic E-state index is 7.65. The van der Waals surface area contributed by atoms with E-state index in [2.05, 4.69) is 0 Å². The van der Waals surface area contributed by atoms with Crippen LogP contribution in [0.5, 0.6) is 0 Å². The minimum absolute atomic E-state index is 0. The molecule has 26 valence electrons. The minimum Gasteiger partial charge on any atom is -0.358 e. The van der Waals surface area contributed by atoms with E-state index in [-0.39, 0.29) is 18.9 Å². The molecule has 0 heterocycles. The molecular formula is C5LiN. The number of hydrogen-bond donors (Lipinski definition) is 0. The third-order valence-electron chi connectivity index (χ3n) is 0.181. The summed E-state index contributed by atoms with van der Waals surface area (Å²) in [7, 11) is 0. The molecule has 1 nitrogen and oxygen atoms in total. The van der Waals surface area contributed by atoms with E-state index in [9.17, 15) is 0 Å². The number of nitrogens with zero attached hydrogens (tertiary/aromatic N) is 1. The van der Waals surface area contributed by atoms with Gasteiger partial charge in [-0.15, -0.1) is 0 Å². The van der Waals surface area contributed by atoms with Gasteiger partial charge in [-0.25, -0.2) is 5.92 Å². The molecular weight excluding hydrogens is 81.0 g/mol. The number of nitriles is 1. The standard InChI is InChI=1S/C5N.Li/c1-2-3-4-5-6;/q-1;+1. The van der Waals surface area contributed by atoms with E-state index in [4.69, 9.17) is 11.7 Å². The van der Waals surface area contributed by atoms with Crippen LogP contribution in [0.1, 0.15) is 0 Å². The molecule has 0 aliphatic heterocycles. The Kier molecular flexibility index (Phi) is 12.2. The van der Waals surface area contributed by atoms with Gasteiger partial charge in [-0.2, -0.15) is 5.26 Å². The second-order valence-electron chi connectivity index (χ2n) is 0.487. The van der Waals surface area contributed by atoms with Gasteiger partial charge in [0.05, 0.1) is 0 Å². The summed E-state index contributed by atoms with van der Waals surface area (Å²) in [6.07, 6.45) is 6.13. The summed E-state index contributed by atoms with van der Waals surface area (Å²) in [5.74, 6) is 5.69. The van der Waals surface area contributed by atoms with Crippen LogP contribution in [0.15, 0.2) is 0 Å². The molecule has 0 unspecified atom stereocenters. The van der Waals surface area contributed by atoms with Crippen molar-refractivity contribution in [2.24, 2.45) is 0 Å². The summed E-state index contributed by atoms with van der Waals surface area (Å²) < 4.78 is 0. The van der Waals surface area contributed by atoms with Crippen LogP contribution in [0, 0.1) is 35.5 Å². The van der Waals surface area contributed by atoms with Gasteiger partial charge in [-0.05, 0) is 0 Å². The second kappa shape index (κ2) is 8.96. The number of rotatable bonds is 0. The SMILES string of the molecule is [C-]#CC#CC#N.[Li+]. The zero-order chi connectivity index (χ0) is 4.83. The van der Waals surface area contributed by atoms with Gasteiger partial charge < -0.3 is 6.42 Å².